The molecule has 2 heteroatoms. The van der Waals surface area contributed by atoms with Crippen molar-refractivity contribution in [2.75, 3.05) is 0 Å². The average molecular weight is 369 g/mol. The molecule has 2 fully saturated rings. The first-order chi connectivity index (χ1) is 11.9. The van der Waals surface area contributed by atoms with Gasteiger partial charge < -0.3 is 10.2 Å². The van der Waals surface area contributed by atoms with Crippen molar-refractivity contribution in [2.24, 2.45) is 40.4 Å². The number of aliphatic hydroxyl groups excluding tert-OH is 2. The van der Waals surface area contributed by atoms with E-state index in [-0.39, 0.29) is 23.0 Å². The van der Waals surface area contributed by atoms with Crippen molar-refractivity contribution in [3.63, 3.8) is 0 Å². The lowest BCUT2D eigenvalue weighted by Crippen LogP contribution is -2.42. The SMILES string of the molecule is CC.CC1CC(O)C(C(C)(C)C)CC1CC1CCC(O)C(C(C)(C)C)C1. The quantitative estimate of drug-likeness (QED) is 0.601. The molecule has 2 nitrogen and oxygen atoms in total. The van der Waals surface area contributed by atoms with Crippen molar-refractivity contribution in [1.82, 2.24) is 0 Å². The second-order valence-electron chi connectivity index (χ2n) is 11.2. The summed E-state index contributed by atoms with van der Waals surface area (Å²) in [5.41, 5.74) is 0.384. The normalized spacial score (nSPS) is 39.1. The van der Waals surface area contributed by atoms with Crippen molar-refractivity contribution >= 4 is 0 Å². The van der Waals surface area contributed by atoms with Crippen molar-refractivity contribution < 1.29 is 10.2 Å². The lowest BCUT2D eigenvalue weighted by atomic mass is 9.60. The molecule has 2 saturated carbocycles. The van der Waals surface area contributed by atoms with Crippen molar-refractivity contribution in [2.45, 2.75) is 113 Å². The third-order valence-electron chi connectivity index (χ3n) is 7.22. The molecule has 0 aliphatic heterocycles. The average Bonchev–Trinajstić information content (AvgIpc) is 2.51. The van der Waals surface area contributed by atoms with Crippen LogP contribution in [-0.2, 0) is 0 Å². The highest BCUT2D eigenvalue weighted by Gasteiger charge is 2.42. The molecule has 0 amide bonds. The Kier molecular flexibility index (Phi) is 8.67. The predicted molar refractivity (Wildman–Crippen MR) is 113 cm³/mol. The lowest BCUT2D eigenvalue weighted by molar-refractivity contribution is -0.0456. The first-order valence-corrected chi connectivity index (χ1v) is 11.3. The van der Waals surface area contributed by atoms with Crippen LogP contribution in [0.2, 0.25) is 0 Å². The number of aliphatic hydroxyl groups is 2. The molecule has 0 spiro atoms. The lowest BCUT2D eigenvalue weighted by Gasteiger charge is -2.46. The summed E-state index contributed by atoms with van der Waals surface area (Å²) in [7, 11) is 0. The van der Waals surface area contributed by atoms with Crippen LogP contribution in [0.1, 0.15) is 101 Å². The molecule has 2 aliphatic rings. The summed E-state index contributed by atoms with van der Waals surface area (Å²) in [5, 5.41) is 21.0. The predicted octanol–water partition coefficient (Wildman–Crippen LogP) is 6.30. The minimum absolute atomic E-state index is 0.117. The highest BCUT2D eigenvalue weighted by molar-refractivity contribution is 4.92. The van der Waals surface area contributed by atoms with E-state index < -0.39 is 0 Å². The van der Waals surface area contributed by atoms with E-state index in [0.717, 1.165) is 24.7 Å². The summed E-state index contributed by atoms with van der Waals surface area (Å²) >= 11 is 0. The Morgan fingerprint density at radius 2 is 1.23 bits per heavy atom. The van der Waals surface area contributed by atoms with Crippen LogP contribution in [0.4, 0.5) is 0 Å². The summed E-state index contributed by atoms with van der Waals surface area (Å²) in [5.74, 6) is 2.96. The zero-order valence-electron chi connectivity index (χ0n) is 19.2. The topological polar surface area (TPSA) is 40.5 Å². The van der Waals surface area contributed by atoms with Gasteiger partial charge in [-0.05, 0) is 78.9 Å². The fourth-order valence-corrected chi connectivity index (χ4v) is 5.53. The molecule has 0 aromatic heterocycles. The maximum atomic E-state index is 10.5. The van der Waals surface area contributed by atoms with Gasteiger partial charge in [0.15, 0.2) is 0 Å². The van der Waals surface area contributed by atoms with Crippen molar-refractivity contribution in [3.05, 3.63) is 0 Å². The van der Waals surface area contributed by atoms with Gasteiger partial charge in [-0.3, -0.25) is 0 Å². The zero-order chi connectivity index (χ0) is 20.3. The van der Waals surface area contributed by atoms with Gasteiger partial charge in [0.1, 0.15) is 0 Å². The standard InChI is InChI=1S/C22H42O2.C2H6/c1-14-10-20(24)18(22(5,6)7)13-16(14)11-15-8-9-19(23)17(12-15)21(2,3)4;1-2/h14-20,23-24H,8-13H2,1-7H3;1-2H3. The Hall–Kier alpha value is -0.0800. The first-order valence-electron chi connectivity index (χ1n) is 11.3. The van der Waals surface area contributed by atoms with E-state index in [1.54, 1.807) is 0 Å². The molecule has 0 aromatic carbocycles. The maximum Gasteiger partial charge on any atom is 0.0576 e. The Morgan fingerprint density at radius 1 is 0.731 bits per heavy atom. The van der Waals surface area contributed by atoms with E-state index in [9.17, 15) is 10.2 Å². The van der Waals surface area contributed by atoms with Gasteiger partial charge in [-0.1, -0.05) is 62.3 Å². The molecule has 0 aromatic rings. The van der Waals surface area contributed by atoms with Crippen molar-refractivity contribution in [1.29, 1.82) is 0 Å². The zero-order valence-corrected chi connectivity index (χ0v) is 19.2. The van der Waals surface area contributed by atoms with Crippen LogP contribution >= 0.6 is 0 Å². The van der Waals surface area contributed by atoms with Crippen LogP contribution in [0, 0.1) is 40.4 Å². The van der Waals surface area contributed by atoms with Crippen molar-refractivity contribution in [3.8, 4) is 0 Å². The Labute approximate surface area is 164 Å². The molecule has 26 heavy (non-hydrogen) atoms. The van der Waals surface area contributed by atoms with E-state index in [1.165, 1.54) is 25.7 Å². The molecule has 7 atom stereocenters. The Morgan fingerprint density at radius 3 is 1.73 bits per heavy atom. The van der Waals surface area contributed by atoms with E-state index in [4.69, 9.17) is 0 Å². The van der Waals surface area contributed by atoms with E-state index in [2.05, 4.69) is 48.5 Å². The molecule has 7 unspecified atom stereocenters. The monoisotopic (exact) mass is 368 g/mol. The number of hydrogen-bond acceptors (Lipinski definition) is 2. The molecule has 0 radical (unpaired) electrons. The van der Waals surface area contributed by atoms with Crippen LogP contribution in [0.3, 0.4) is 0 Å². The molecule has 0 saturated heterocycles. The van der Waals surface area contributed by atoms with Gasteiger partial charge in [0.2, 0.25) is 0 Å². The largest absolute Gasteiger partial charge is 0.393 e. The molecule has 0 heterocycles. The molecule has 0 bridgehead atoms. The summed E-state index contributed by atoms with van der Waals surface area (Å²) in [4.78, 5) is 0. The summed E-state index contributed by atoms with van der Waals surface area (Å²) in [6.45, 7) is 20.0. The van der Waals surface area contributed by atoms with Gasteiger partial charge in [-0.15, -0.1) is 0 Å². The second-order valence-corrected chi connectivity index (χ2v) is 11.2. The fourth-order valence-electron chi connectivity index (χ4n) is 5.53. The van der Waals surface area contributed by atoms with Gasteiger partial charge >= 0.3 is 0 Å². The van der Waals surface area contributed by atoms with Crippen LogP contribution in [0.5, 0.6) is 0 Å². The van der Waals surface area contributed by atoms with E-state index in [0.29, 0.717) is 17.8 Å². The van der Waals surface area contributed by atoms with Gasteiger partial charge in [-0.2, -0.15) is 0 Å². The minimum atomic E-state index is -0.133. The van der Waals surface area contributed by atoms with Gasteiger partial charge in [0.25, 0.3) is 0 Å². The van der Waals surface area contributed by atoms with Crippen LogP contribution in [-0.4, -0.2) is 22.4 Å². The van der Waals surface area contributed by atoms with Gasteiger partial charge in [-0.25, -0.2) is 0 Å². The highest BCUT2D eigenvalue weighted by Crippen LogP contribution is 2.48. The molecular weight excluding hydrogens is 320 g/mol. The third-order valence-corrected chi connectivity index (χ3v) is 7.22. The van der Waals surface area contributed by atoms with Crippen LogP contribution in [0.15, 0.2) is 0 Å². The molecule has 2 N–H and O–H groups in total. The van der Waals surface area contributed by atoms with Gasteiger partial charge in [0, 0.05) is 0 Å². The summed E-state index contributed by atoms with van der Waals surface area (Å²) in [6.07, 6.45) is 6.51. The third kappa shape index (κ3) is 6.23. The Balaban J connectivity index is 0.00000163. The van der Waals surface area contributed by atoms with Gasteiger partial charge in [0.05, 0.1) is 12.2 Å². The smallest absolute Gasteiger partial charge is 0.0576 e. The van der Waals surface area contributed by atoms with Crippen LogP contribution < -0.4 is 0 Å². The maximum absolute atomic E-state index is 10.5. The molecule has 2 rings (SSSR count). The van der Waals surface area contributed by atoms with Crippen LogP contribution in [0.25, 0.3) is 0 Å². The summed E-state index contributed by atoms with van der Waals surface area (Å²) in [6, 6.07) is 0. The first kappa shape index (κ1) is 24.0. The minimum Gasteiger partial charge on any atom is -0.393 e. The number of hydrogen-bond donors (Lipinski definition) is 2. The fraction of sp³-hybridized carbons (Fsp3) is 1.00. The number of rotatable bonds is 2. The van der Waals surface area contributed by atoms with E-state index >= 15 is 0 Å². The second kappa shape index (κ2) is 9.41. The molecule has 156 valence electrons. The van der Waals surface area contributed by atoms with E-state index in [1.807, 2.05) is 13.8 Å². The highest BCUT2D eigenvalue weighted by atomic mass is 16.3. The Bertz CT molecular complexity index is 403. The molecule has 2 aliphatic carbocycles. The molecular formula is C24H48O2. The summed E-state index contributed by atoms with van der Waals surface area (Å²) < 4.78 is 0.